The molecule has 1 saturated heterocycles. The minimum absolute atomic E-state index is 0.0113. The van der Waals surface area contributed by atoms with Gasteiger partial charge in [0, 0.05) is 11.8 Å². The quantitative estimate of drug-likeness (QED) is 0.559. The Morgan fingerprint density at radius 3 is 2.42 bits per heavy atom. The van der Waals surface area contributed by atoms with Gasteiger partial charge >= 0.3 is 11.9 Å². The molecule has 2 aliphatic carbocycles. The van der Waals surface area contributed by atoms with Gasteiger partial charge in [-0.25, -0.2) is 0 Å². The summed E-state index contributed by atoms with van der Waals surface area (Å²) < 4.78 is 4.71. The monoisotopic (exact) mass is 264 g/mol. The molecule has 0 aromatic carbocycles. The van der Waals surface area contributed by atoms with Gasteiger partial charge in [0.1, 0.15) is 11.6 Å². The smallest absolute Gasteiger partial charge is 0.317 e. The number of hydrogen-bond acceptors (Lipinski definition) is 5. The van der Waals surface area contributed by atoms with Crippen molar-refractivity contribution in [3.8, 4) is 0 Å². The standard InChI is InChI=1S/C14H16O5/c1-6(15)4-14(7(2)16)5-8-3-9(14)11-10(8)12(17)19-13(11)18/h8-11H,3-5H2,1-2H3. The molecule has 3 aliphatic rings. The van der Waals surface area contributed by atoms with Crippen LogP contribution in [-0.2, 0) is 23.9 Å². The molecule has 5 nitrogen and oxygen atoms in total. The Morgan fingerprint density at radius 1 is 1.21 bits per heavy atom. The van der Waals surface area contributed by atoms with Crippen molar-refractivity contribution in [2.24, 2.45) is 29.1 Å². The highest BCUT2D eigenvalue weighted by atomic mass is 16.6. The van der Waals surface area contributed by atoms with Gasteiger partial charge in [-0.15, -0.1) is 0 Å². The van der Waals surface area contributed by atoms with Gasteiger partial charge < -0.3 is 4.74 Å². The van der Waals surface area contributed by atoms with E-state index in [1.807, 2.05) is 0 Å². The van der Waals surface area contributed by atoms with E-state index in [9.17, 15) is 19.2 Å². The van der Waals surface area contributed by atoms with Gasteiger partial charge in [0.25, 0.3) is 0 Å². The van der Waals surface area contributed by atoms with E-state index in [0.29, 0.717) is 12.8 Å². The maximum atomic E-state index is 12.1. The number of carbonyl (C=O) groups is 4. The Balaban J connectivity index is 2.00. The van der Waals surface area contributed by atoms with Gasteiger partial charge in [-0.05, 0) is 38.5 Å². The molecule has 3 fully saturated rings. The molecule has 0 amide bonds. The number of ether oxygens (including phenoxy) is 1. The van der Waals surface area contributed by atoms with Crippen molar-refractivity contribution in [2.75, 3.05) is 0 Å². The van der Waals surface area contributed by atoms with E-state index >= 15 is 0 Å². The molecule has 5 unspecified atom stereocenters. The molecule has 3 rings (SSSR count). The van der Waals surface area contributed by atoms with Crippen LogP contribution in [-0.4, -0.2) is 23.5 Å². The minimum Gasteiger partial charge on any atom is -0.393 e. The SMILES string of the molecule is CC(=O)CC1(C(C)=O)CC2CC1C1C(=O)OC(=O)C21. The van der Waals surface area contributed by atoms with Gasteiger partial charge in [-0.1, -0.05) is 0 Å². The largest absolute Gasteiger partial charge is 0.393 e. The predicted octanol–water partition coefficient (Wildman–Crippen LogP) is 0.896. The third kappa shape index (κ3) is 1.47. The summed E-state index contributed by atoms with van der Waals surface area (Å²) in [4.78, 5) is 47.0. The van der Waals surface area contributed by atoms with E-state index in [2.05, 4.69) is 0 Å². The zero-order valence-corrected chi connectivity index (χ0v) is 11.0. The molecule has 2 saturated carbocycles. The molecular formula is C14H16O5. The Hall–Kier alpha value is -1.52. The van der Waals surface area contributed by atoms with E-state index in [4.69, 9.17) is 4.74 Å². The highest BCUT2D eigenvalue weighted by Crippen LogP contribution is 2.64. The molecule has 5 atom stereocenters. The Bertz CT molecular complexity index is 508. The number of esters is 2. The van der Waals surface area contributed by atoms with Gasteiger partial charge in [0.2, 0.25) is 0 Å². The maximum Gasteiger partial charge on any atom is 0.317 e. The van der Waals surface area contributed by atoms with Crippen LogP contribution in [0.2, 0.25) is 0 Å². The van der Waals surface area contributed by atoms with Crippen molar-refractivity contribution in [3.63, 3.8) is 0 Å². The lowest BCUT2D eigenvalue weighted by molar-refractivity contribution is -0.155. The van der Waals surface area contributed by atoms with E-state index in [1.54, 1.807) is 0 Å². The average molecular weight is 264 g/mol. The van der Waals surface area contributed by atoms with Crippen LogP contribution in [0.15, 0.2) is 0 Å². The molecular weight excluding hydrogens is 248 g/mol. The third-order valence-electron chi connectivity index (χ3n) is 5.23. The third-order valence-corrected chi connectivity index (χ3v) is 5.23. The van der Waals surface area contributed by atoms with Crippen LogP contribution in [0.3, 0.4) is 0 Å². The molecule has 0 spiro atoms. The van der Waals surface area contributed by atoms with Gasteiger partial charge in [-0.3, -0.25) is 19.2 Å². The first-order valence-corrected chi connectivity index (χ1v) is 6.63. The first-order valence-electron chi connectivity index (χ1n) is 6.63. The van der Waals surface area contributed by atoms with Gasteiger partial charge in [-0.2, -0.15) is 0 Å². The molecule has 1 heterocycles. The number of fused-ring (bicyclic) bond motifs is 5. The van der Waals surface area contributed by atoms with Crippen molar-refractivity contribution in [3.05, 3.63) is 0 Å². The van der Waals surface area contributed by atoms with Gasteiger partial charge in [0.15, 0.2) is 0 Å². The second kappa shape index (κ2) is 3.74. The van der Waals surface area contributed by atoms with E-state index in [-0.39, 0.29) is 35.7 Å². The minimum atomic E-state index is -0.749. The summed E-state index contributed by atoms with van der Waals surface area (Å²) >= 11 is 0. The van der Waals surface area contributed by atoms with Gasteiger partial charge in [0.05, 0.1) is 11.8 Å². The predicted molar refractivity (Wildman–Crippen MR) is 62.7 cm³/mol. The lowest BCUT2D eigenvalue weighted by Gasteiger charge is -2.38. The van der Waals surface area contributed by atoms with Crippen molar-refractivity contribution in [1.82, 2.24) is 0 Å². The van der Waals surface area contributed by atoms with Crippen LogP contribution in [0.25, 0.3) is 0 Å². The zero-order chi connectivity index (χ0) is 13.9. The molecule has 0 aromatic heterocycles. The van der Waals surface area contributed by atoms with Crippen molar-refractivity contribution >= 4 is 23.5 Å². The summed E-state index contributed by atoms with van der Waals surface area (Å²) in [6.45, 7) is 2.95. The number of cyclic esters (lactones) is 2. The topological polar surface area (TPSA) is 77.5 Å². The van der Waals surface area contributed by atoms with Crippen molar-refractivity contribution in [2.45, 2.75) is 33.1 Å². The van der Waals surface area contributed by atoms with Crippen LogP contribution >= 0.6 is 0 Å². The van der Waals surface area contributed by atoms with Crippen molar-refractivity contribution in [1.29, 1.82) is 0 Å². The Kier molecular flexibility index (Phi) is 2.46. The summed E-state index contributed by atoms with van der Waals surface area (Å²) in [5, 5.41) is 0. The van der Waals surface area contributed by atoms with Crippen LogP contribution in [0.1, 0.15) is 33.1 Å². The first kappa shape index (κ1) is 12.5. The lowest BCUT2D eigenvalue weighted by Crippen LogP contribution is -2.44. The summed E-state index contributed by atoms with van der Waals surface area (Å²) in [5.74, 6) is -2.11. The molecule has 0 radical (unpaired) electrons. The maximum absolute atomic E-state index is 12.1. The van der Waals surface area contributed by atoms with Crippen LogP contribution < -0.4 is 0 Å². The number of ketones is 2. The molecule has 1 aliphatic heterocycles. The van der Waals surface area contributed by atoms with Crippen LogP contribution in [0.4, 0.5) is 0 Å². The fourth-order valence-electron chi connectivity index (χ4n) is 4.62. The fraction of sp³-hybridized carbons (Fsp3) is 0.714. The highest BCUT2D eigenvalue weighted by molar-refractivity contribution is 5.99. The van der Waals surface area contributed by atoms with Crippen LogP contribution in [0, 0.1) is 29.1 Å². The number of hydrogen-bond donors (Lipinski definition) is 0. The zero-order valence-electron chi connectivity index (χ0n) is 11.0. The second-order valence-electron chi connectivity index (χ2n) is 6.19. The average Bonchev–Trinajstić information content (AvgIpc) is 2.89. The van der Waals surface area contributed by atoms with E-state index in [1.165, 1.54) is 13.8 Å². The lowest BCUT2D eigenvalue weighted by atomic mass is 9.61. The van der Waals surface area contributed by atoms with Crippen LogP contribution in [0.5, 0.6) is 0 Å². The summed E-state index contributed by atoms with van der Waals surface area (Å²) in [5.41, 5.74) is -0.749. The number of rotatable bonds is 3. The number of Topliss-reactive ketones (excluding diaryl/α,β-unsaturated/α-hetero) is 2. The summed E-state index contributed by atoms with van der Waals surface area (Å²) in [7, 11) is 0. The molecule has 0 aromatic rings. The summed E-state index contributed by atoms with van der Waals surface area (Å²) in [6, 6.07) is 0. The Labute approximate surface area is 110 Å². The number of carbonyl (C=O) groups excluding carboxylic acids is 4. The second-order valence-corrected chi connectivity index (χ2v) is 6.19. The molecule has 19 heavy (non-hydrogen) atoms. The van der Waals surface area contributed by atoms with Crippen molar-refractivity contribution < 1.29 is 23.9 Å². The Morgan fingerprint density at radius 2 is 1.84 bits per heavy atom. The molecule has 102 valence electrons. The highest BCUT2D eigenvalue weighted by Gasteiger charge is 2.69. The fourth-order valence-corrected chi connectivity index (χ4v) is 4.62. The normalized spacial score (nSPS) is 43.3. The molecule has 2 bridgehead atoms. The summed E-state index contributed by atoms with van der Waals surface area (Å²) in [6.07, 6.45) is 1.40. The molecule has 5 heteroatoms. The van der Waals surface area contributed by atoms with E-state index < -0.39 is 23.3 Å². The molecule has 0 N–H and O–H groups in total. The van der Waals surface area contributed by atoms with E-state index in [0.717, 1.165) is 0 Å². The first-order chi connectivity index (χ1) is 8.86.